The predicted octanol–water partition coefficient (Wildman–Crippen LogP) is 3.85. The van der Waals surface area contributed by atoms with Crippen LogP contribution < -0.4 is 16.0 Å². The van der Waals surface area contributed by atoms with E-state index in [-0.39, 0.29) is 11.4 Å². The van der Waals surface area contributed by atoms with Gasteiger partial charge in [0.05, 0.1) is 18.3 Å². The summed E-state index contributed by atoms with van der Waals surface area (Å²) in [6, 6.07) is 17.1. The minimum absolute atomic E-state index is 0.157. The van der Waals surface area contributed by atoms with E-state index in [0.29, 0.717) is 23.5 Å². The lowest BCUT2D eigenvalue weighted by Crippen LogP contribution is -2.24. The van der Waals surface area contributed by atoms with Gasteiger partial charge in [-0.1, -0.05) is 18.2 Å². The molecular weight excluding hydrogens is 397 g/mol. The second-order valence-corrected chi connectivity index (χ2v) is 7.25. The number of nitrogen functional groups attached to an aromatic ring is 1. The highest BCUT2D eigenvalue weighted by molar-refractivity contribution is 6.07. The van der Waals surface area contributed by atoms with Crippen molar-refractivity contribution in [3.8, 4) is 11.6 Å². The Labute approximate surface area is 176 Å². The summed E-state index contributed by atoms with van der Waals surface area (Å²) in [7, 11) is 1.82. The molecule has 0 saturated heterocycles. The van der Waals surface area contributed by atoms with E-state index in [0.717, 1.165) is 21.9 Å². The molecule has 0 aliphatic carbocycles. The molecule has 0 spiro atoms. The largest absolute Gasteiger partial charge is 0.439 e. The number of rotatable bonds is 4. The zero-order chi connectivity index (χ0) is 21.5. The van der Waals surface area contributed by atoms with Gasteiger partial charge >= 0.3 is 0 Å². The zero-order valence-electron chi connectivity index (χ0n) is 16.6. The van der Waals surface area contributed by atoms with Crippen LogP contribution in [0.1, 0.15) is 5.56 Å². The van der Waals surface area contributed by atoms with Crippen molar-refractivity contribution in [3.63, 3.8) is 0 Å². The monoisotopic (exact) mass is 415 g/mol. The number of fused-ring (bicyclic) bond motifs is 3. The summed E-state index contributed by atoms with van der Waals surface area (Å²) < 4.78 is 22.3. The number of aryl methyl sites for hydroxylation is 1. The molecule has 0 bridgehead atoms. The Balaban J connectivity index is 1.58. The van der Waals surface area contributed by atoms with Crippen LogP contribution in [-0.4, -0.2) is 19.3 Å². The van der Waals surface area contributed by atoms with E-state index in [2.05, 4.69) is 10.1 Å². The lowest BCUT2D eigenvalue weighted by molar-refractivity contribution is 0.446. The Bertz CT molecular complexity index is 1510. The van der Waals surface area contributed by atoms with Crippen LogP contribution in [0, 0.1) is 5.95 Å². The lowest BCUT2D eigenvalue weighted by Gasteiger charge is -2.06. The molecule has 31 heavy (non-hydrogen) atoms. The van der Waals surface area contributed by atoms with Gasteiger partial charge in [-0.2, -0.15) is 14.5 Å². The first kappa shape index (κ1) is 18.8. The maximum atomic E-state index is 13.3. The molecule has 0 amide bonds. The number of pyridine rings is 1. The molecule has 0 radical (unpaired) electrons. The van der Waals surface area contributed by atoms with Crippen molar-refractivity contribution in [2.45, 2.75) is 6.54 Å². The Kier molecular flexibility index (Phi) is 4.39. The average Bonchev–Trinajstić information content (AvgIpc) is 3.02. The van der Waals surface area contributed by atoms with E-state index in [1.807, 2.05) is 35.9 Å². The molecule has 2 aromatic carbocycles. The highest BCUT2D eigenvalue weighted by Crippen LogP contribution is 2.30. The van der Waals surface area contributed by atoms with Crippen molar-refractivity contribution in [3.05, 3.63) is 88.7 Å². The first-order valence-electron chi connectivity index (χ1n) is 9.63. The zero-order valence-corrected chi connectivity index (χ0v) is 16.6. The fourth-order valence-electron chi connectivity index (χ4n) is 3.74. The summed E-state index contributed by atoms with van der Waals surface area (Å²) in [6.07, 6.45) is 1.69. The predicted molar refractivity (Wildman–Crippen MR) is 117 cm³/mol. The summed E-state index contributed by atoms with van der Waals surface area (Å²) in [6.45, 7) is 0.320. The van der Waals surface area contributed by atoms with Crippen LogP contribution in [0.3, 0.4) is 0 Å². The van der Waals surface area contributed by atoms with E-state index in [1.165, 1.54) is 16.8 Å². The maximum Gasteiger partial charge on any atom is 0.291 e. The lowest BCUT2D eigenvalue weighted by atomic mass is 10.2. The van der Waals surface area contributed by atoms with Crippen LogP contribution in [0.5, 0.6) is 11.6 Å². The van der Waals surface area contributed by atoms with Crippen LogP contribution in [0.25, 0.3) is 21.8 Å². The van der Waals surface area contributed by atoms with Crippen LogP contribution in [0.4, 0.5) is 10.1 Å². The van der Waals surface area contributed by atoms with Gasteiger partial charge in [0.15, 0.2) is 0 Å². The van der Waals surface area contributed by atoms with Crippen LogP contribution in [0.2, 0.25) is 0 Å². The number of anilines is 1. The highest BCUT2D eigenvalue weighted by atomic mass is 19.1. The number of nitrogens with two attached hydrogens (primary N) is 1. The third-order valence-electron chi connectivity index (χ3n) is 5.17. The van der Waals surface area contributed by atoms with Crippen molar-refractivity contribution in [1.82, 2.24) is 19.3 Å². The topological polar surface area (TPSA) is 88.0 Å². The second kappa shape index (κ2) is 7.24. The quantitative estimate of drug-likeness (QED) is 0.356. The van der Waals surface area contributed by atoms with Gasteiger partial charge in [-0.3, -0.25) is 4.79 Å². The molecule has 0 aliphatic heterocycles. The molecule has 0 atom stereocenters. The summed E-state index contributed by atoms with van der Waals surface area (Å²) in [5, 5.41) is 5.99. The standard InChI is InChI=1S/C23H18FN5O2/c1-28-19-11-16(31-21-7-3-6-20(24)27-21)8-9-17(19)18-12-26-29(23(30)22(18)28)13-14-4-2-5-15(25)10-14/h2-12H,13,25H2,1H3. The molecule has 154 valence electrons. The Morgan fingerprint density at radius 2 is 1.90 bits per heavy atom. The maximum absolute atomic E-state index is 13.3. The number of ether oxygens (including phenoxy) is 1. The van der Waals surface area contributed by atoms with Gasteiger partial charge in [0.25, 0.3) is 5.56 Å². The van der Waals surface area contributed by atoms with E-state index >= 15 is 0 Å². The molecule has 3 heterocycles. The average molecular weight is 415 g/mol. The summed E-state index contributed by atoms with van der Waals surface area (Å²) in [5.41, 5.74) is 8.51. The van der Waals surface area contributed by atoms with Gasteiger partial charge in [-0.25, -0.2) is 4.68 Å². The molecule has 0 unspecified atom stereocenters. The first-order chi connectivity index (χ1) is 15.0. The third kappa shape index (κ3) is 3.38. The van der Waals surface area contributed by atoms with Gasteiger partial charge in [-0.05, 0) is 35.9 Å². The van der Waals surface area contributed by atoms with E-state index < -0.39 is 5.95 Å². The van der Waals surface area contributed by atoms with Crippen LogP contribution in [-0.2, 0) is 13.6 Å². The van der Waals surface area contributed by atoms with Gasteiger partial charge in [0, 0.05) is 35.6 Å². The summed E-state index contributed by atoms with van der Waals surface area (Å²) >= 11 is 0. The number of nitrogens with zero attached hydrogens (tertiary/aromatic N) is 4. The summed E-state index contributed by atoms with van der Waals surface area (Å²) in [5.74, 6) is 0.0313. The van der Waals surface area contributed by atoms with Gasteiger partial charge in [0.2, 0.25) is 11.8 Å². The van der Waals surface area contributed by atoms with Crippen LogP contribution >= 0.6 is 0 Å². The molecule has 3 aromatic heterocycles. The van der Waals surface area contributed by atoms with Crippen molar-refractivity contribution >= 4 is 27.5 Å². The van der Waals surface area contributed by atoms with Crippen molar-refractivity contribution < 1.29 is 9.13 Å². The highest BCUT2D eigenvalue weighted by Gasteiger charge is 2.15. The van der Waals surface area contributed by atoms with Crippen molar-refractivity contribution in [2.75, 3.05) is 5.73 Å². The fraction of sp³-hybridized carbons (Fsp3) is 0.0870. The number of halogens is 1. The molecule has 5 rings (SSSR count). The Morgan fingerprint density at radius 3 is 2.71 bits per heavy atom. The number of hydrogen-bond acceptors (Lipinski definition) is 5. The normalized spacial score (nSPS) is 11.3. The van der Waals surface area contributed by atoms with E-state index in [1.54, 1.807) is 30.5 Å². The Morgan fingerprint density at radius 1 is 1.06 bits per heavy atom. The van der Waals surface area contributed by atoms with Crippen molar-refractivity contribution in [1.29, 1.82) is 0 Å². The minimum Gasteiger partial charge on any atom is -0.439 e. The number of benzene rings is 2. The smallest absolute Gasteiger partial charge is 0.291 e. The van der Waals surface area contributed by atoms with E-state index in [9.17, 15) is 9.18 Å². The first-order valence-corrected chi connectivity index (χ1v) is 9.63. The number of hydrogen-bond donors (Lipinski definition) is 1. The molecular formula is C23H18FN5O2. The van der Waals surface area contributed by atoms with Gasteiger partial charge < -0.3 is 15.0 Å². The van der Waals surface area contributed by atoms with Gasteiger partial charge in [0.1, 0.15) is 11.3 Å². The second-order valence-electron chi connectivity index (χ2n) is 7.25. The molecule has 7 nitrogen and oxygen atoms in total. The molecule has 2 N–H and O–H groups in total. The minimum atomic E-state index is -0.616. The number of aromatic nitrogens is 4. The fourth-order valence-corrected chi connectivity index (χ4v) is 3.74. The molecule has 0 aliphatic rings. The molecule has 5 aromatic rings. The van der Waals surface area contributed by atoms with Crippen LogP contribution in [0.15, 0.2) is 71.7 Å². The molecule has 8 heteroatoms. The third-order valence-corrected chi connectivity index (χ3v) is 5.17. The molecule has 0 saturated carbocycles. The Hall–Kier alpha value is -4.20. The van der Waals surface area contributed by atoms with E-state index in [4.69, 9.17) is 10.5 Å². The van der Waals surface area contributed by atoms with Gasteiger partial charge in [-0.15, -0.1) is 0 Å². The SMILES string of the molecule is Cn1c2cc(Oc3cccc(F)n3)ccc2c2cnn(Cc3cccc(N)c3)c(=O)c21. The van der Waals surface area contributed by atoms with Crippen molar-refractivity contribution in [2.24, 2.45) is 7.05 Å². The molecule has 0 fully saturated rings. The summed E-state index contributed by atoms with van der Waals surface area (Å²) in [4.78, 5) is 16.9.